The second-order valence-electron chi connectivity index (χ2n) is 5.25. The van der Waals surface area contributed by atoms with Crippen molar-refractivity contribution < 1.29 is 0 Å². The monoisotopic (exact) mass is 249 g/mol. The molecule has 0 unspecified atom stereocenters. The van der Waals surface area contributed by atoms with Crippen LogP contribution in [0.25, 0.3) is 21.5 Å². The van der Waals surface area contributed by atoms with Crippen molar-refractivity contribution >= 4 is 21.5 Å². The Labute approximate surface area is 114 Å². The molecule has 0 aliphatic rings. The first-order valence-electron chi connectivity index (χ1n) is 6.91. The molecule has 0 saturated carbocycles. The van der Waals surface area contributed by atoms with Gasteiger partial charge in [-0.15, -0.1) is 0 Å². The van der Waals surface area contributed by atoms with E-state index >= 15 is 0 Å². The molecule has 3 aromatic carbocycles. The third-order valence-corrected chi connectivity index (χ3v) is 3.94. The van der Waals surface area contributed by atoms with Crippen LogP contribution >= 0.6 is 0 Å². The van der Waals surface area contributed by atoms with Crippen molar-refractivity contribution in [2.75, 3.05) is 6.54 Å². The fourth-order valence-electron chi connectivity index (χ4n) is 2.75. The molecule has 1 heteroatoms. The van der Waals surface area contributed by atoms with Crippen LogP contribution in [0.1, 0.15) is 24.8 Å². The summed E-state index contributed by atoms with van der Waals surface area (Å²) in [7, 11) is 0. The molecule has 0 spiro atoms. The molecule has 96 valence electrons. The largest absolute Gasteiger partial charge is 0.330 e. The predicted molar refractivity (Wildman–Crippen MR) is 83.5 cm³/mol. The average molecular weight is 249 g/mol. The van der Waals surface area contributed by atoms with Crippen LogP contribution in [0.4, 0.5) is 0 Å². The van der Waals surface area contributed by atoms with Gasteiger partial charge in [0.25, 0.3) is 0 Å². The lowest BCUT2D eigenvalue weighted by Gasteiger charge is -2.12. The second kappa shape index (κ2) is 5.02. The maximum Gasteiger partial charge on any atom is -0.00715 e. The summed E-state index contributed by atoms with van der Waals surface area (Å²) in [5, 5.41) is 5.29. The quantitative estimate of drug-likeness (QED) is 0.682. The Morgan fingerprint density at radius 2 is 1.63 bits per heavy atom. The topological polar surface area (TPSA) is 26.0 Å². The summed E-state index contributed by atoms with van der Waals surface area (Å²) in [6.45, 7) is 2.99. The van der Waals surface area contributed by atoms with Gasteiger partial charge in [-0.1, -0.05) is 61.5 Å². The molecular weight excluding hydrogens is 230 g/mol. The van der Waals surface area contributed by atoms with Crippen molar-refractivity contribution in [1.82, 2.24) is 0 Å². The van der Waals surface area contributed by atoms with E-state index in [-0.39, 0.29) is 0 Å². The van der Waals surface area contributed by atoms with E-state index in [1.54, 1.807) is 0 Å². The molecule has 1 nitrogen and oxygen atoms in total. The minimum absolute atomic E-state index is 0.529. The first-order chi connectivity index (χ1) is 9.29. The minimum Gasteiger partial charge on any atom is -0.330 e. The van der Waals surface area contributed by atoms with E-state index in [9.17, 15) is 0 Å². The summed E-state index contributed by atoms with van der Waals surface area (Å²) in [5.74, 6) is 0.529. The summed E-state index contributed by atoms with van der Waals surface area (Å²) < 4.78 is 0. The molecule has 0 aliphatic heterocycles. The highest BCUT2D eigenvalue weighted by atomic mass is 14.5. The number of hydrogen-bond donors (Lipinski definition) is 1. The average Bonchev–Trinajstić information content (AvgIpc) is 2.46. The van der Waals surface area contributed by atoms with Gasteiger partial charge in [0, 0.05) is 0 Å². The molecule has 0 saturated heterocycles. The van der Waals surface area contributed by atoms with Gasteiger partial charge in [-0.3, -0.25) is 0 Å². The van der Waals surface area contributed by atoms with E-state index in [1.807, 2.05) is 0 Å². The van der Waals surface area contributed by atoms with Crippen LogP contribution in [0.15, 0.2) is 54.6 Å². The zero-order chi connectivity index (χ0) is 13.2. The van der Waals surface area contributed by atoms with Gasteiger partial charge in [-0.25, -0.2) is 0 Å². The van der Waals surface area contributed by atoms with Gasteiger partial charge in [-0.2, -0.15) is 0 Å². The standard InChI is InChI=1S/C18H19N/c1-13(10-11-19)15-8-9-18-16(12-15)7-6-14-4-2-3-5-17(14)18/h2-9,12-13H,10-11,19H2,1H3/t13-/m0/s1. The van der Waals surface area contributed by atoms with Crippen LogP contribution in [0.3, 0.4) is 0 Å². The lowest BCUT2D eigenvalue weighted by Crippen LogP contribution is -2.04. The Kier molecular flexibility index (Phi) is 3.22. The molecule has 2 N–H and O–H groups in total. The smallest absolute Gasteiger partial charge is 0.00715 e. The second-order valence-corrected chi connectivity index (χ2v) is 5.25. The molecule has 0 aromatic heterocycles. The summed E-state index contributed by atoms with van der Waals surface area (Å²) in [4.78, 5) is 0. The van der Waals surface area contributed by atoms with Gasteiger partial charge in [0.2, 0.25) is 0 Å². The van der Waals surface area contributed by atoms with Crippen molar-refractivity contribution in [3.63, 3.8) is 0 Å². The van der Waals surface area contributed by atoms with Gasteiger partial charge in [0.1, 0.15) is 0 Å². The van der Waals surface area contributed by atoms with Gasteiger partial charge in [-0.05, 0) is 46.0 Å². The normalized spacial score (nSPS) is 12.9. The Morgan fingerprint density at radius 3 is 2.47 bits per heavy atom. The first kappa shape index (κ1) is 12.2. The van der Waals surface area contributed by atoms with Crippen LogP contribution in [0.2, 0.25) is 0 Å². The van der Waals surface area contributed by atoms with Gasteiger partial charge in [0.15, 0.2) is 0 Å². The van der Waals surface area contributed by atoms with Crippen LogP contribution in [-0.4, -0.2) is 6.54 Å². The van der Waals surface area contributed by atoms with Crippen molar-refractivity contribution in [3.05, 3.63) is 60.2 Å². The Hall–Kier alpha value is -1.86. The molecule has 0 aliphatic carbocycles. The molecule has 0 radical (unpaired) electrons. The van der Waals surface area contributed by atoms with E-state index in [2.05, 4.69) is 61.5 Å². The Morgan fingerprint density at radius 1 is 0.895 bits per heavy atom. The van der Waals surface area contributed by atoms with Crippen molar-refractivity contribution in [2.24, 2.45) is 5.73 Å². The summed E-state index contributed by atoms with van der Waals surface area (Å²) in [6, 6.07) is 19.8. The summed E-state index contributed by atoms with van der Waals surface area (Å²) in [6.07, 6.45) is 1.04. The van der Waals surface area contributed by atoms with E-state index < -0.39 is 0 Å². The maximum absolute atomic E-state index is 5.65. The molecule has 3 aromatic rings. The third kappa shape index (κ3) is 2.22. The van der Waals surface area contributed by atoms with Crippen LogP contribution in [-0.2, 0) is 0 Å². The number of nitrogens with two attached hydrogens (primary N) is 1. The number of fused-ring (bicyclic) bond motifs is 3. The van der Waals surface area contributed by atoms with Crippen molar-refractivity contribution in [2.45, 2.75) is 19.3 Å². The Bertz CT molecular complexity index is 715. The maximum atomic E-state index is 5.65. The van der Waals surface area contributed by atoms with Crippen molar-refractivity contribution in [3.8, 4) is 0 Å². The predicted octanol–water partition coefficient (Wildman–Crippen LogP) is 4.45. The van der Waals surface area contributed by atoms with E-state index in [4.69, 9.17) is 5.73 Å². The van der Waals surface area contributed by atoms with Crippen LogP contribution < -0.4 is 5.73 Å². The zero-order valence-electron chi connectivity index (χ0n) is 11.3. The van der Waals surface area contributed by atoms with Crippen LogP contribution in [0.5, 0.6) is 0 Å². The molecule has 0 amide bonds. The fraction of sp³-hybridized carbons (Fsp3) is 0.222. The number of rotatable bonds is 3. The molecule has 1 atom stereocenters. The van der Waals surface area contributed by atoms with E-state index in [0.29, 0.717) is 5.92 Å². The minimum atomic E-state index is 0.529. The molecule has 3 rings (SSSR count). The molecule has 19 heavy (non-hydrogen) atoms. The SMILES string of the molecule is C[C@@H](CCN)c1ccc2c(ccc3ccccc32)c1. The first-order valence-corrected chi connectivity index (χ1v) is 6.91. The lowest BCUT2D eigenvalue weighted by atomic mass is 9.93. The van der Waals surface area contributed by atoms with E-state index in [1.165, 1.54) is 27.1 Å². The molecule has 0 heterocycles. The van der Waals surface area contributed by atoms with Crippen LogP contribution in [0, 0.1) is 0 Å². The summed E-state index contributed by atoms with van der Waals surface area (Å²) in [5.41, 5.74) is 7.04. The van der Waals surface area contributed by atoms with E-state index in [0.717, 1.165) is 13.0 Å². The molecular formula is C18H19N. The number of hydrogen-bond acceptors (Lipinski definition) is 1. The van der Waals surface area contributed by atoms with Gasteiger partial charge < -0.3 is 5.73 Å². The van der Waals surface area contributed by atoms with Crippen molar-refractivity contribution in [1.29, 1.82) is 0 Å². The van der Waals surface area contributed by atoms with Gasteiger partial charge >= 0.3 is 0 Å². The third-order valence-electron chi connectivity index (χ3n) is 3.94. The zero-order valence-corrected chi connectivity index (χ0v) is 11.3. The fourth-order valence-corrected chi connectivity index (χ4v) is 2.75. The molecule has 0 fully saturated rings. The highest BCUT2D eigenvalue weighted by Crippen LogP contribution is 2.28. The highest BCUT2D eigenvalue weighted by molar-refractivity contribution is 6.07. The summed E-state index contributed by atoms with van der Waals surface area (Å²) >= 11 is 0. The molecule has 0 bridgehead atoms. The number of benzene rings is 3. The highest BCUT2D eigenvalue weighted by Gasteiger charge is 2.06. The lowest BCUT2D eigenvalue weighted by molar-refractivity contribution is 0.691. The Balaban J connectivity index is 2.17. The van der Waals surface area contributed by atoms with Gasteiger partial charge in [0.05, 0.1) is 0 Å².